The third kappa shape index (κ3) is 4.68. The Morgan fingerprint density at radius 3 is 2.54 bits per heavy atom. The summed E-state index contributed by atoms with van der Waals surface area (Å²) in [5.41, 5.74) is 2.08. The van der Waals surface area contributed by atoms with E-state index in [0.717, 1.165) is 11.1 Å². The van der Waals surface area contributed by atoms with Crippen molar-refractivity contribution in [2.75, 3.05) is 0 Å². The predicted octanol–water partition coefficient (Wildman–Crippen LogP) is 3.31. The van der Waals surface area contributed by atoms with Gasteiger partial charge < -0.3 is 19.6 Å². The summed E-state index contributed by atoms with van der Waals surface area (Å²) in [5.74, 6) is 0.273. The van der Waals surface area contributed by atoms with Crippen LogP contribution in [-0.4, -0.2) is 23.0 Å². The first-order chi connectivity index (χ1) is 13.4. The number of benzene rings is 1. The van der Waals surface area contributed by atoms with E-state index in [1.165, 1.54) is 0 Å². The zero-order valence-electron chi connectivity index (χ0n) is 16.1. The van der Waals surface area contributed by atoms with Gasteiger partial charge in [-0.25, -0.2) is 0 Å². The van der Waals surface area contributed by atoms with E-state index in [4.69, 9.17) is 8.94 Å². The maximum Gasteiger partial charge on any atom is 0.274 e. The van der Waals surface area contributed by atoms with Crippen molar-refractivity contribution < 1.29 is 18.5 Å². The largest absolute Gasteiger partial charge is 0.467 e. The van der Waals surface area contributed by atoms with Gasteiger partial charge in [0.05, 0.1) is 12.8 Å². The first-order valence-electron chi connectivity index (χ1n) is 9.08. The first-order valence-corrected chi connectivity index (χ1v) is 9.08. The maximum atomic E-state index is 12.6. The fraction of sp³-hybridized carbons (Fsp3) is 0.286. The lowest BCUT2D eigenvalue weighted by molar-refractivity contribution is -0.124. The lowest BCUT2D eigenvalue weighted by Gasteiger charge is -2.20. The van der Waals surface area contributed by atoms with Crippen LogP contribution in [0, 0.1) is 12.8 Å². The summed E-state index contributed by atoms with van der Waals surface area (Å²) in [6.45, 7) is 5.97. The van der Waals surface area contributed by atoms with Crippen molar-refractivity contribution >= 4 is 11.8 Å². The van der Waals surface area contributed by atoms with E-state index in [1.807, 2.05) is 45.0 Å². The third-order valence-electron chi connectivity index (χ3n) is 4.33. The van der Waals surface area contributed by atoms with Gasteiger partial charge in [0.1, 0.15) is 11.8 Å². The topological polar surface area (TPSA) is 97.4 Å². The van der Waals surface area contributed by atoms with Gasteiger partial charge in [0.2, 0.25) is 5.91 Å². The SMILES string of the molecule is Cc1ccc(-c2cc(C(=O)N[C@H](C(=O)NCc3ccco3)C(C)C)no2)cc1. The smallest absolute Gasteiger partial charge is 0.274 e. The highest BCUT2D eigenvalue weighted by atomic mass is 16.5. The lowest BCUT2D eigenvalue weighted by atomic mass is 10.0. The van der Waals surface area contributed by atoms with Crippen molar-refractivity contribution in [3.05, 3.63) is 65.7 Å². The molecule has 2 heterocycles. The highest BCUT2D eigenvalue weighted by Crippen LogP contribution is 2.21. The summed E-state index contributed by atoms with van der Waals surface area (Å²) in [4.78, 5) is 25.1. The number of hydrogen-bond donors (Lipinski definition) is 2. The van der Waals surface area contributed by atoms with Crippen molar-refractivity contribution in [1.29, 1.82) is 0 Å². The van der Waals surface area contributed by atoms with Crippen molar-refractivity contribution in [3.8, 4) is 11.3 Å². The van der Waals surface area contributed by atoms with Crippen LogP contribution in [0.2, 0.25) is 0 Å². The summed E-state index contributed by atoms with van der Waals surface area (Å²) in [7, 11) is 0. The molecule has 0 aliphatic carbocycles. The average Bonchev–Trinajstić information content (AvgIpc) is 3.36. The monoisotopic (exact) mass is 381 g/mol. The molecule has 0 radical (unpaired) electrons. The molecule has 2 amide bonds. The number of furan rings is 1. The Labute approximate surface area is 163 Å². The summed E-state index contributed by atoms with van der Waals surface area (Å²) in [6.07, 6.45) is 1.54. The van der Waals surface area contributed by atoms with Crippen LogP contribution in [0.4, 0.5) is 0 Å². The van der Waals surface area contributed by atoms with Gasteiger partial charge in [-0.1, -0.05) is 48.8 Å². The molecular formula is C21H23N3O4. The molecule has 28 heavy (non-hydrogen) atoms. The minimum absolute atomic E-state index is 0.107. The molecule has 0 saturated carbocycles. The van der Waals surface area contributed by atoms with Gasteiger partial charge in [0.15, 0.2) is 11.5 Å². The predicted molar refractivity (Wildman–Crippen MR) is 103 cm³/mol. The summed E-state index contributed by atoms with van der Waals surface area (Å²) in [5, 5.41) is 9.34. The molecule has 2 N–H and O–H groups in total. The number of nitrogens with zero attached hydrogens (tertiary/aromatic N) is 1. The van der Waals surface area contributed by atoms with E-state index in [2.05, 4.69) is 15.8 Å². The van der Waals surface area contributed by atoms with Gasteiger partial charge in [-0.05, 0) is 25.0 Å². The molecule has 0 bridgehead atoms. The van der Waals surface area contributed by atoms with Crippen LogP contribution in [0.15, 0.2) is 57.7 Å². The molecule has 7 heteroatoms. The maximum absolute atomic E-state index is 12.6. The van der Waals surface area contributed by atoms with E-state index in [9.17, 15) is 9.59 Å². The first kappa shape index (κ1) is 19.4. The highest BCUT2D eigenvalue weighted by molar-refractivity contribution is 5.96. The Balaban J connectivity index is 1.65. The minimum Gasteiger partial charge on any atom is -0.467 e. The van der Waals surface area contributed by atoms with Crippen LogP contribution in [0.3, 0.4) is 0 Å². The molecular weight excluding hydrogens is 358 g/mol. The van der Waals surface area contributed by atoms with Crippen LogP contribution >= 0.6 is 0 Å². The number of nitrogens with one attached hydrogen (secondary N) is 2. The second kappa shape index (κ2) is 8.56. The van der Waals surface area contributed by atoms with Crippen LogP contribution in [0.25, 0.3) is 11.3 Å². The molecule has 0 aliphatic heterocycles. The zero-order chi connectivity index (χ0) is 20.1. The summed E-state index contributed by atoms with van der Waals surface area (Å²) < 4.78 is 10.5. The molecule has 1 atom stereocenters. The highest BCUT2D eigenvalue weighted by Gasteiger charge is 2.26. The van der Waals surface area contributed by atoms with Gasteiger partial charge in [0, 0.05) is 11.6 Å². The molecule has 0 fully saturated rings. The standard InChI is InChI=1S/C21H23N3O4/c1-13(2)19(21(26)22-12-16-5-4-10-27-16)23-20(25)17-11-18(28-24-17)15-8-6-14(3)7-9-15/h4-11,13,19H,12H2,1-3H3,(H,22,26)(H,23,25)/t19-/m0/s1. The van der Waals surface area contributed by atoms with Gasteiger partial charge in [-0.15, -0.1) is 0 Å². The fourth-order valence-electron chi connectivity index (χ4n) is 2.68. The Hall–Kier alpha value is -3.35. The van der Waals surface area contributed by atoms with Crippen LogP contribution in [-0.2, 0) is 11.3 Å². The molecule has 3 aromatic rings. The van der Waals surface area contributed by atoms with Crippen molar-refractivity contribution in [3.63, 3.8) is 0 Å². The summed E-state index contributed by atoms with van der Waals surface area (Å²) >= 11 is 0. The molecule has 3 rings (SSSR count). The third-order valence-corrected chi connectivity index (χ3v) is 4.33. The van der Waals surface area contributed by atoms with Crippen LogP contribution < -0.4 is 10.6 Å². The quantitative estimate of drug-likeness (QED) is 0.654. The fourth-order valence-corrected chi connectivity index (χ4v) is 2.68. The Bertz CT molecular complexity index is 927. The van der Waals surface area contributed by atoms with E-state index >= 15 is 0 Å². The van der Waals surface area contributed by atoms with Crippen molar-refractivity contribution in [1.82, 2.24) is 15.8 Å². The number of aryl methyl sites for hydroxylation is 1. The Morgan fingerprint density at radius 1 is 1.14 bits per heavy atom. The molecule has 1 aromatic carbocycles. The van der Waals surface area contributed by atoms with E-state index < -0.39 is 11.9 Å². The zero-order valence-corrected chi connectivity index (χ0v) is 16.1. The molecule has 7 nitrogen and oxygen atoms in total. The molecule has 2 aromatic heterocycles. The van der Waals surface area contributed by atoms with Gasteiger partial charge >= 0.3 is 0 Å². The number of amides is 2. The summed E-state index contributed by atoms with van der Waals surface area (Å²) in [6, 6.07) is 12.1. The lowest BCUT2D eigenvalue weighted by Crippen LogP contribution is -2.49. The van der Waals surface area contributed by atoms with Gasteiger partial charge in [-0.2, -0.15) is 0 Å². The molecule has 146 valence electrons. The molecule has 0 unspecified atom stereocenters. The van der Waals surface area contributed by atoms with Crippen LogP contribution in [0.5, 0.6) is 0 Å². The second-order valence-electron chi connectivity index (χ2n) is 6.93. The molecule has 0 saturated heterocycles. The number of carbonyl (C=O) groups excluding carboxylic acids is 2. The number of hydrogen-bond acceptors (Lipinski definition) is 5. The van der Waals surface area contributed by atoms with Crippen molar-refractivity contribution in [2.45, 2.75) is 33.4 Å². The molecule has 0 spiro atoms. The number of aromatic nitrogens is 1. The minimum atomic E-state index is -0.706. The second-order valence-corrected chi connectivity index (χ2v) is 6.93. The number of rotatable bonds is 7. The van der Waals surface area contributed by atoms with Crippen molar-refractivity contribution in [2.24, 2.45) is 5.92 Å². The Kier molecular flexibility index (Phi) is 5.93. The Morgan fingerprint density at radius 2 is 1.89 bits per heavy atom. The van der Waals surface area contributed by atoms with Gasteiger partial charge in [0.25, 0.3) is 5.91 Å². The van der Waals surface area contributed by atoms with Gasteiger partial charge in [-0.3, -0.25) is 9.59 Å². The van der Waals surface area contributed by atoms with E-state index in [0.29, 0.717) is 11.5 Å². The van der Waals surface area contributed by atoms with E-state index in [-0.39, 0.29) is 24.1 Å². The normalized spacial score (nSPS) is 12.0. The average molecular weight is 381 g/mol. The number of carbonyl (C=O) groups is 2. The van der Waals surface area contributed by atoms with Crippen LogP contribution in [0.1, 0.15) is 35.7 Å². The van der Waals surface area contributed by atoms with E-state index in [1.54, 1.807) is 24.5 Å². The molecule has 0 aliphatic rings.